The number of imidazole rings is 1. The van der Waals surface area contributed by atoms with Crippen LogP contribution >= 0.6 is 0 Å². The Morgan fingerprint density at radius 2 is 1.81 bits per heavy atom. The summed E-state index contributed by atoms with van der Waals surface area (Å²) in [6.45, 7) is 7.37. The third kappa shape index (κ3) is 3.49. The molecule has 1 aliphatic heterocycles. The average molecular weight is 431 g/mol. The second-order valence-corrected chi connectivity index (χ2v) is 8.39. The van der Waals surface area contributed by atoms with Gasteiger partial charge in [-0.15, -0.1) is 0 Å². The highest BCUT2D eigenvalue weighted by Gasteiger charge is 2.22. The van der Waals surface area contributed by atoms with E-state index in [4.69, 9.17) is 9.72 Å². The molecule has 1 aromatic carbocycles. The summed E-state index contributed by atoms with van der Waals surface area (Å²) in [5.74, 6) is 3.88. The second kappa shape index (κ2) is 7.74. The van der Waals surface area contributed by atoms with Gasteiger partial charge in [-0.2, -0.15) is 5.10 Å². The zero-order valence-corrected chi connectivity index (χ0v) is 18.9. The van der Waals surface area contributed by atoms with Crippen molar-refractivity contribution in [2.45, 2.75) is 33.4 Å². The average Bonchev–Trinajstić information content (AvgIpc) is 3.33. The number of anilines is 1. The highest BCUT2D eigenvalue weighted by molar-refractivity contribution is 5.74. The van der Waals surface area contributed by atoms with Gasteiger partial charge in [-0.25, -0.2) is 24.6 Å². The number of aromatic nitrogens is 7. The van der Waals surface area contributed by atoms with Crippen molar-refractivity contribution in [2.75, 3.05) is 25.6 Å². The van der Waals surface area contributed by atoms with Gasteiger partial charge in [0.25, 0.3) is 0 Å². The Bertz CT molecular complexity index is 1270. The fourth-order valence-corrected chi connectivity index (χ4v) is 3.84. The van der Waals surface area contributed by atoms with Gasteiger partial charge >= 0.3 is 0 Å². The summed E-state index contributed by atoms with van der Waals surface area (Å²) < 4.78 is 10.1. The molecular weight excluding hydrogens is 404 g/mol. The summed E-state index contributed by atoms with van der Waals surface area (Å²) in [4.78, 5) is 20.3. The Morgan fingerprint density at radius 1 is 1.03 bits per heavy atom. The Labute approximate surface area is 186 Å². The van der Waals surface area contributed by atoms with Crippen molar-refractivity contribution in [3.05, 3.63) is 42.6 Å². The molecule has 5 rings (SSSR count). The van der Waals surface area contributed by atoms with E-state index in [0.717, 1.165) is 45.6 Å². The zero-order chi connectivity index (χ0) is 22.4. The predicted octanol–water partition coefficient (Wildman–Crippen LogP) is 3.61. The summed E-state index contributed by atoms with van der Waals surface area (Å²) in [6, 6.07) is 6.35. The van der Waals surface area contributed by atoms with Crippen molar-refractivity contribution in [3.8, 4) is 39.8 Å². The summed E-state index contributed by atoms with van der Waals surface area (Å²) in [5.41, 5.74) is 3.72. The lowest BCUT2D eigenvalue weighted by molar-refractivity contribution is 0.307. The third-order valence-corrected chi connectivity index (χ3v) is 5.42. The van der Waals surface area contributed by atoms with Crippen LogP contribution in [0.3, 0.4) is 0 Å². The fraction of sp³-hybridized carbons (Fsp3) is 0.348. The quantitative estimate of drug-likeness (QED) is 0.489. The van der Waals surface area contributed by atoms with E-state index in [1.54, 1.807) is 0 Å². The van der Waals surface area contributed by atoms with Crippen molar-refractivity contribution in [2.24, 2.45) is 0 Å². The molecule has 9 nitrogen and oxygen atoms in total. The first kappa shape index (κ1) is 20.2. The highest BCUT2D eigenvalue weighted by atomic mass is 16.5. The molecule has 1 aliphatic rings. The minimum absolute atomic E-state index is 0.201. The van der Waals surface area contributed by atoms with E-state index in [-0.39, 0.29) is 6.04 Å². The molecule has 0 N–H and O–H groups in total. The van der Waals surface area contributed by atoms with Crippen LogP contribution in [0.2, 0.25) is 0 Å². The third-order valence-electron chi connectivity index (χ3n) is 5.42. The minimum atomic E-state index is 0.201. The molecule has 0 saturated carbocycles. The molecule has 164 valence electrons. The number of hydrogen-bond donors (Lipinski definition) is 0. The molecule has 4 aromatic rings. The van der Waals surface area contributed by atoms with E-state index >= 15 is 0 Å². The molecule has 9 heteroatoms. The van der Waals surface area contributed by atoms with Crippen molar-refractivity contribution in [3.63, 3.8) is 0 Å². The Kier molecular flexibility index (Phi) is 4.88. The lowest BCUT2D eigenvalue weighted by atomic mass is 10.1. The van der Waals surface area contributed by atoms with Gasteiger partial charge in [0.2, 0.25) is 5.95 Å². The zero-order valence-electron chi connectivity index (χ0n) is 18.9. The number of hydrogen-bond acceptors (Lipinski definition) is 7. The number of nitrogens with zero attached hydrogens (tertiary/aromatic N) is 8. The van der Waals surface area contributed by atoms with Crippen LogP contribution in [-0.2, 0) is 6.54 Å². The van der Waals surface area contributed by atoms with Crippen LogP contribution in [0.4, 0.5) is 5.95 Å². The lowest BCUT2D eigenvalue weighted by Crippen LogP contribution is -2.12. The molecule has 0 atom stereocenters. The SMILES string of the molecule is Cc1nc(-c2cn3c(n2)-c2ccc(-c4cnc(N(C)C)nc4)cc2OCC3)n(C(C)C)n1. The van der Waals surface area contributed by atoms with Gasteiger partial charge in [-0.05, 0) is 38.5 Å². The van der Waals surface area contributed by atoms with Crippen molar-refractivity contribution < 1.29 is 4.74 Å². The summed E-state index contributed by atoms with van der Waals surface area (Å²) in [6.07, 6.45) is 5.71. The summed E-state index contributed by atoms with van der Waals surface area (Å²) >= 11 is 0. The van der Waals surface area contributed by atoms with Crippen LogP contribution in [0.5, 0.6) is 5.75 Å². The van der Waals surface area contributed by atoms with Gasteiger partial charge in [0, 0.05) is 44.3 Å². The Hall–Kier alpha value is -3.75. The molecule has 4 heterocycles. The van der Waals surface area contributed by atoms with Crippen LogP contribution in [-0.4, -0.2) is 55.0 Å². The van der Waals surface area contributed by atoms with Gasteiger partial charge in [-0.1, -0.05) is 6.07 Å². The van der Waals surface area contributed by atoms with E-state index in [0.29, 0.717) is 19.1 Å². The van der Waals surface area contributed by atoms with Gasteiger partial charge < -0.3 is 14.2 Å². The van der Waals surface area contributed by atoms with Crippen LogP contribution in [0.25, 0.3) is 34.0 Å². The molecule has 0 unspecified atom stereocenters. The monoisotopic (exact) mass is 430 g/mol. The molecule has 32 heavy (non-hydrogen) atoms. The van der Waals surface area contributed by atoms with E-state index in [9.17, 15) is 0 Å². The van der Waals surface area contributed by atoms with E-state index in [1.807, 2.05) is 55.3 Å². The van der Waals surface area contributed by atoms with Gasteiger partial charge in [0.15, 0.2) is 5.82 Å². The molecule has 0 aliphatic carbocycles. The minimum Gasteiger partial charge on any atom is -0.491 e. The van der Waals surface area contributed by atoms with Crippen molar-refractivity contribution in [1.29, 1.82) is 0 Å². The molecule has 0 saturated heterocycles. The molecule has 0 fully saturated rings. The first-order valence-electron chi connectivity index (χ1n) is 10.7. The predicted molar refractivity (Wildman–Crippen MR) is 123 cm³/mol. The maximum Gasteiger partial charge on any atom is 0.224 e. The first-order chi connectivity index (χ1) is 15.4. The fourth-order valence-electron chi connectivity index (χ4n) is 3.84. The van der Waals surface area contributed by atoms with E-state index < -0.39 is 0 Å². The number of fused-ring (bicyclic) bond motifs is 3. The normalized spacial score (nSPS) is 12.8. The van der Waals surface area contributed by atoms with E-state index in [1.165, 1.54) is 0 Å². The molecular formula is C23H26N8O. The number of rotatable bonds is 4. The molecule has 0 spiro atoms. The highest BCUT2D eigenvalue weighted by Crippen LogP contribution is 2.36. The first-order valence-corrected chi connectivity index (χ1v) is 10.7. The number of aryl methyl sites for hydroxylation is 1. The maximum absolute atomic E-state index is 6.08. The van der Waals surface area contributed by atoms with Crippen LogP contribution in [0, 0.1) is 6.92 Å². The number of ether oxygens (including phenoxy) is 1. The van der Waals surface area contributed by atoms with Crippen LogP contribution in [0.1, 0.15) is 25.7 Å². The number of benzene rings is 1. The van der Waals surface area contributed by atoms with Gasteiger partial charge in [0.1, 0.15) is 29.7 Å². The summed E-state index contributed by atoms with van der Waals surface area (Å²) in [5, 5.41) is 4.53. The van der Waals surface area contributed by atoms with Crippen molar-refractivity contribution in [1.82, 2.24) is 34.3 Å². The van der Waals surface area contributed by atoms with Crippen LogP contribution in [0.15, 0.2) is 36.8 Å². The van der Waals surface area contributed by atoms with Gasteiger partial charge in [-0.3, -0.25) is 0 Å². The Morgan fingerprint density at radius 3 is 2.53 bits per heavy atom. The smallest absolute Gasteiger partial charge is 0.224 e. The molecule has 3 aromatic heterocycles. The topological polar surface area (TPSA) is 86.8 Å². The molecule has 0 bridgehead atoms. The Balaban J connectivity index is 1.54. The lowest BCUT2D eigenvalue weighted by Gasteiger charge is -2.11. The maximum atomic E-state index is 6.08. The standard InChI is InChI=1S/C23H26N8O/c1-14(2)31-22(26-15(3)28-31)19-13-30-8-9-32-20-10-16(6-7-18(20)21(30)27-19)17-11-24-23(25-12-17)29(4)5/h6-7,10-14H,8-9H2,1-5H3. The molecule has 0 radical (unpaired) electrons. The van der Waals surface area contributed by atoms with Crippen LogP contribution < -0.4 is 9.64 Å². The largest absolute Gasteiger partial charge is 0.491 e. The van der Waals surface area contributed by atoms with Crippen molar-refractivity contribution >= 4 is 5.95 Å². The second-order valence-electron chi connectivity index (χ2n) is 8.39. The molecule has 0 amide bonds. The van der Waals surface area contributed by atoms with E-state index in [2.05, 4.69) is 50.6 Å². The summed E-state index contributed by atoms with van der Waals surface area (Å²) in [7, 11) is 3.85. The van der Waals surface area contributed by atoms with Gasteiger partial charge in [0.05, 0.1) is 12.1 Å².